The summed E-state index contributed by atoms with van der Waals surface area (Å²) in [6, 6.07) is 28.2. The highest BCUT2D eigenvalue weighted by atomic mass is 31.2. The summed E-state index contributed by atoms with van der Waals surface area (Å²) in [7, 11) is -1.84. The molecule has 0 aliphatic heterocycles. The van der Waals surface area contributed by atoms with Crippen LogP contribution < -0.4 is 14.2 Å². The molecule has 0 fully saturated rings. The summed E-state index contributed by atoms with van der Waals surface area (Å²) in [5.74, 6) is 2.06. The first-order valence-electron chi connectivity index (χ1n) is 10.0. The van der Waals surface area contributed by atoms with Crippen molar-refractivity contribution >= 4 is 8.60 Å². The van der Waals surface area contributed by atoms with Crippen molar-refractivity contribution in [2.45, 2.75) is 39.6 Å². The molecule has 0 spiro atoms. The van der Waals surface area contributed by atoms with Crippen molar-refractivity contribution in [3.8, 4) is 17.2 Å². The van der Waals surface area contributed by atoms with E-state index in [-0.39, 0.29) is 0 Å². The first kappa shape index (κ1) is 23.0. The fourth-order valence-corrected chi connectivity index (χ4v) is 3.58. The lowest BCUT2D eigenvalue weighted by Crippen LogP contribution is -2.22. The molecule has 3 rings (SSSR count). The van der Waals surface area contributed by atoms with E-state index in [0.717, 1.165) is 0 Å². The van der Waals surface area contributed by atoms with Gasteiger partial charge >= 0.3 is 8.60 Å². The van der Waals surface area contributed by atoms with E-state index in [1.54, 1.807) is 20.8 Å². The minimum atomic E-state index is -1.84. The van der Waals surface area contributed by atoms with Crippen molar-refractivity contribution in [1.29, 1.82) is 0 Å². The molecule has 31 heavy (non-hydrogen) atoms. The zero-order chi connectivity index (χ0) is 21.9. The highest BCUT2D eigenvalue weighted by molar-refractivity contribution is 7.41. The summed E-state index contributed by atoms with van der Waals surface area (Å²) in [6.07, 6.45) is -1.83. The molecule has 0 N–H and O–H groups in total. The van der Waals surface area contributed by atoms with Crippen LogP contribution in [0, 0.1) is 0 Å². The van der Waals surface area contributed by atoms with Gasteiger partial charge in [0.05, 0.1) is 0 Å². The molecule has 0 aliphatic rings. The molecule has 0 aliphatic carbocycles. The van der Waals surface area contributed by atoms with Crippen molar-refractivity contribution in [3.05, 3.63) is 91.0 Å². The van der Waals surface area contributed by atoms with Crippen LogP contribution in [-0.2, 0) is 13.6 Å². The largest absolute Gasteiger partial charge is 0.465 e. The molecular formula is C24H27O6P. The van der Waals surface area contributed by atoms with Gasteiger partial charge < -0.3 is 14.2 Å². The van der Waals surface area contributed by atoms with Crippen LogP contribution in [-0.4, -0.2) is 18.9 Å². The van der Waals surface area contributed by atoms with Gasteiger partial charge in [0.15, 0.2) is 0 Å². The lowest BCUT2D eigenvalue weighted by molar-refractivity contribution is -0.0677. The van der Waals surface area contributed by atoms with Gasteiger partial charge in [-0.1, -0.05) is 54.6 Å². The van der Waals surface area contributed by atoms with Gasteiger partial charge in [-0.15, -0.1) is 0 Å². The van der Waals surface area contributed by atoms with Crippen LogP contribution in [0.4, 0.5) is 0 Å². The van der Waals surface area contributed by atoms with Crippen molar-refractivity contribution in [2.24, 2.45) is 0 Å². The Balaban J connectivity index is 1.60. The number of benzene rings is 3. The Morgan fingerprint density at radius 1 is 0.452 bits per heavy atom. The van der Waals surface area contributed by atoms with E-state index in [9.17, 15) is 0 Å². The number of hydrogen-bond acceptors (Lipinski definition) is 6. The fourth-order valence-electron chi connectivity index (χ4n) is 2.57. The van der Waals surface area contributed by atoms with Crippen molar-refractivity contribution < 1.29 is 27.8 Å². The molecule has 7 heteroatoms. The van der Waals surface area contributed by atoms with Crippen LogP contribution in [0.5, 0.6) is 17.2 Å². The number of ether oxygens (including phenoxy) is 3. The standard InChI is InChI=1S/C24H27O6P/c1-19(25-22-13-7-4-8-14-22)28-31(29-20(2)26-23-15-9-5-10-16-23)30-21(3)27-24-17-11-6-12-18-24/h4-21H,1-3H3. The highest BCUT2D eigenvalue weighted by Crippen LogP contribution is 2.44. The molecule has 0 saturated heterocycles. The van der Waals surface area contributed by atoms with Crippen molar-refractivity contribution in [3.63, 3.8) is 0 Å². The maximum atomic E-state index is 5.91. The molecular weight excluding hydrogens is 415 g/mol. The normalized spacial score (nSPS) is 14.8. The van der Waals surface area contributed by atoms with Gasteiger partial charge in [-0.2, -0.15) is 0 Å². The van der Waals surface area contributed by atoms with E-state index in [2.05, 4.69) is 0 Å². The molecule has 0 radical (unpaired) electrons. The minimum absolute atomic E-state index is 0.610. The number of rotatable bonds is 12. The van der Waals surface area contributed by atoms with Crippen LogP contribution in [0.15, 0.2) is 91.0 Å². The van der Waals surface area contributed by atoms with Gasteiger partial charge in [0.25, 0.3) is 0 Å². The van der Waals surface area contributed by atoms with Crippen LogP contribution in [0.25, 0.3) is 0 Å². The Hall–Kier alpha value is -2.63. The van der Waals surface area contributed by atoms with E-state index in [1.165, 1.54) is 0 Å². The second kappa shape index (κ2) is 12.3. The van der Waals surface area contributed by atoms with Crippen molar-refractivity contribution in [1.82, 2.24) is 0 Å². The average molecular weight is 442 g/mol. The summed E-state index contributed by atoms with van der Waals surface area (Å²) in [5.41, 5.74) is 0. The zero-order valence-corrected chi connectivity index (χ0v) is 18.7. The predicted molar refractivity (Wildman–Crippen MR) is 120 cm³/mol. The lowest BCUT2D eigenvalue weighted by Gasteiger charge is -2.26. The molecule has 6 nitrogen and oxygen atoms in total. The third kappa shape index (κ3) is 8.56. The van der Waals surface area contributed by atoms with E-state index in [0.29, 0.717) is 17.2 Å². The Morgan fingerprint density at radius 2 is 0.710 bits per heavy atom. The first-order chi connectivity index (χ1) is 15.1. The van der Waals surface area contributed by atoms with Crippen LogP contribution in [0.3, 0.4) is 0 Å². The van der Waals surface area contributed by atoms with E-state index < -0.39 is 27.5 Å². The van der Waals surface area contributed by atoms with Crippen LogP contribution in [0.2, 0.25) is 0 Å². The number of hydrogen-bond donors (Lipinski definition) is 0. The highest BCUT2D eigenvalue weighted by Gasteiger charge is 2.25. The Kier molecular flexibility index (Phi) is 9.13. The van der Waals surface area contributed by atoms with Gasteiger partial charge in [-0.3, -0.25) is 13.6 Å². The smallest absolute Gasteiger partial charge is 0.342 e. The molecule has 3 aromatic carbocycles. The van der Waals surface area contributed by atoms with Gasteiger partial charge in [-0.25, -0.2) is 0 Å². The summed E-state index contributed by atoms with van der Waals surface area (Å²) < 4.78 is 35.1. The predicted octanol–water partition coefficient (Wildman–Crippen LogP) is 6.54. The first-order valence-corrected chi connectivity index (χ1v) is 11.1. The monoisotopic (exact) mass is 442 g/mol. The molecule has 3 aromatic rings. The molecule has 0 saturated carbocycles. The molecule has 3 unspecified atom stereocenters. The van der Waals surface area contributed by atoms with Gasteiger partial charge in [0.2, 0.25) is 18.9 Å². The Bertz CT molecular complexity index is 747. The van der Waals surface area contributed by atoms with E-state index in [4.69, 9.17) is 27.8 Å². The van der Waals surface area contributed by atoms with Gasteiger partial charge in [-0.05, 0) is 57.2 Å². The fraction of sp³-hybridized carbons (Fsp3) is 0.250. The zero-order valence-electron chi connectivity index (χ0n) is 17.8. The van der Waals surface area contributed by atoms with Gasteiger partial charge in [0, 0.05) is 0 Å². The van der Waals surface area contributed by atoms with E-state index >= 15 is 0 Å². The quantitative estimate of drug-likeness (QED) is 0.235. The second-order valence-electron chi connectivity index (χ2n) is 6.54. The minimum Gasteiger partial charge on any atom is -0.465 e. The summed E-state index contributed by atoms with van der Waals surface area (Å²) >= 11 is 0. The Morgan fingerprint density at radius 3 is 0.968 bits per heavy atom. The van der Waals surface area contributed by atoms with Crippen LogP contribution >= 0.6 is 8.60 Å². The van der Waals surface area contributed by atoms with Gasteiger partial charge in [0.1, 0.15) is 17.2 Å². The summed E-state index contributed by atoms with van der Waals surface area (Å²) in [5, 5.41) is 0. The maximum Gasteiger partial charge on any atom is 0.342 e. The number of para-hydroxylation sites is 3. The third-order valence-corrected chi connectivity index (χ3v) is 5.25. The van der Waals surface area contributed by atoms with E-state index in [1.807, 2.05) is 91.0 Å². The molecule has 0 amide bonds. The summed E-state index contributed by atoms with van der Waals surface area (Å²) in [4.78, 5) is 0. The second-order valence-corrected chi connectivity index (χ2v) is 7.62. The molecule has 0 bridgehead atoms. The molecule has 0 aromatic heterocycles. The Labute approximate surface area is 184 Å². The summed E-state index contributed by atoms with van der Waals surface area (Å²) in [6.45, 7) is 5.33. The van der Waals surface area contributed by atoms with Crippen LogP contribution in [0.1, 0.15) is 20.8 Å². The lowest BCUT2D eigenvalue weighted by atomic mass is 10.3. The molecule has 164 valence electrons. The topological polar surface area (TPSA) is 55.4 Å². The maximum absolute atomic E-state index is 5.91. The third-order valence-electron chi connectivity index (χ3n) is 3.84. The average Bonchev–Trinajstić information content (AvgIpc) is 2.75. The molecule has 3 atom stereocenters. The van der Waals surface area contributed by atoms with Crippen molar-refractivity contribution in [2.75, 3.05) is 0 Å². The SMILES string of the molecule is CC(Oc1ccccc1)OP(OC(C)Oc1ccccc1)OC(C)Oc1ccccc1. The molecule has 0 heterocycles.